The van der Waals surface area contributed by atoms with Gasteiger partial charge in [0.2, 0.25) is 0 Å². The average Bonchev–Trinajstić information content (AvgIpc) is 2.14. The highest BCUT2D eigenvalue weighted by atomic mass is 19.4. The Morgan fingerprint density at radius 1 is 1.27 bits per heavy atom. The fraction of sp³-hybridized carbons (Fsp3) is 0.273. The van der Waals surface area contributed by atoms with Crippen molar-refractivity contribution in [3.05, 3.63) is 41.2 Å². The summed E-state index contributed by atoms with van der Waals surface area (Å²) in [6.07, 6.45) is -1.30. The first-order valence-electron chi connectivity index (χ1n) is 4.49. The van der Waals surface area contributed by atoms with Gasteiger partial charge in [0, 0.05) is 5.56 Å². The predicted molar refractivity (Wildman–Crippen MR) is 50.7 cm³/mol. The molecule has 0 aliphatic rings. The number of hydrogen-bond donors (Lipinski definition) is 0. The average molecular weight is 218 g/mol. The largest absolute Gasteiger partial charge is 0.417 e. The number of hydrogen-bond acceptors (Lipinski definition) is 0. The lowest BCUT2D eigenvalue weighted by atomic mass is 10.1. The van der Waals surface area contributed by atoms with E-state index in [1.807, 2.05) is 0 Å². The summed E-state index contributed by atoms with van der Waals surface area (Å²) in [7, 11) is 0. The van der Waals surface area contributed by atoms with Crippen LogP contribution in [0.15, 0.2) is 24.3 Å². The van der Waals surface area contributed by atoms with E-state index in [1.54, 1.807) is 6.92 Å². The maximum Gasteiger partial charge on any atom is 0.417 e. The quantitative estimate of drug-likeness (QED) is 0.650. The summed E-state index contributed by atoms with van der Waals surface area (Å²) < 4.78 is 50.5. The number of alkyl halides is 3. The van der Waals surface area contributed by atoms with Gasteiger partial charge in [-0.25, -0.2) is 4.39 Å². The molecule has 0 atom stereocenters. The van der Waals surface area contributed by atoms with Gasteiger partial charge in [-0.15, -0.1) is 0 Å². The second-order valence-electron chi connectivity index (χ2n) is 3.01. The van der Waals surface area contributed by atoms with Crippen LogP contribution in [0.1, 0.15) is 24.5 Å². The molecular formula is C11H10F4. The third kappa shape index (κ3) is 2.81. The zero-order valence-corrected chi connectivity index (χ0v) is 8.11. The normalized spacial score (nSPS) is 12.3. The Bertz CT molecular complexity index is 363. The van der Waals surface area contributed by atoms with E-state index >= 15 is 0 Å². The summed E-state index contributed by atoms with van der Waals surface area (Å²) in [5.41, 5.74) is -1.33. The van der Waals surface area contributed by atoms with Crippen LogP contribution in [0.3, 0.4) is 0 Å². The van der Waals surface area contributed by atoms with E-state index < -0.39 is 23.1 Å². The molecule has 0 amide bonds. The van der Waals surface area contributed by atoms with E-state index in [4.69, 9.17) is 0 Å². The molecule has 1 aromatic rings. The van der Waals surface area contributed by atoms with E-state index in [0.717, 1.165) is 24.3 Å². The Labute approximate surface area is 85.2 Å². The van der Waals surface area contributed by atoms with Crippen molar-refractivity contribution < 1.29 is 17.6 Å². The molecule has 0 radical (unpaired) electrons. The summed E-state index contributed by atoms with van der Waals surface area (Å²) in [4.78, 5) is 0. The molecule has 1 aromatic carbocycles. The highest BCUT2D eigenvalue weighted by Crippen LogP contribution is 2.33. The minimum Gasteiger partial charge on any atom is -0.206 e. The molecule has 0 aromatic heterocycles. The lowest BCUT2D eigenvalue weighted by Crippen LogP contribution is -2.08. The van der Waals surface area contributed by atoms with Crippen molar-refractivity contribution in [2.24, 2.45) is 0 Å². The van der Waals surface area contributed by atoms with Crippen LogP contribution >= 0.6 is 0 Å². The molecule has 0 saturated carbocycles. The molecule has 0 saturated heterocycles. The minimum atomic E-state index is -4.52. The smallest absolute Gasteiger partial charge is 0.206 e. The minimum absolute atomic E-state index is 0.396. The van der Waals surface area contributed by atoms with Crippen LogP contribution in [0.4, 0.5) is 17.6 Å². The Hall–Kier alpha value is -1.32. The van der Waals surface area contributed by atoms with Gasteiger partial charge < -0.3 is 0 Å². The van der Waals surface area contributed by atoms with Gasteiger partial charge in [-0.2, -0.15) is 13.2 Å². The van der Waals surface area contributed by atoms with Crippen molar-refractivity contribution in [2.45, 2.75) is 19.5 Å². The molecule has 0 nitrogen and oxygen atoms in total. The lowest BCUT2D eigenvalue weighted by Gasteiger charge is -2.10. The van der Waals surface area contributed by atoms with Crippen LogP contribution in [0.5, 0.6) is 0 Å². The van der Waals surface area contributed by atoms with Crippen molar-refractivity contribution in [3.63, 3.8) is 0 Å². The standard InChI is InChI=1S/C11H10F4/c1-2-3-5-8-9(11(13,14)15)6-4-7-10(8)12/h3-7H,2H2,1H3/b5-3+. The number of allylic oxidation sites excluding steroid dienone is 1. The van der Waals surface area contributed by atoms with Gasteiger partial charge in [0.05, 0.1) is 5.56 Å². The van der Waals surface area contributed by atoms with Crippen LogP contribution < -0.4 is 0 Å². The van der Waals surface area contributed by atoms with Gasteiger partial charge in [0.25, 0.3) is 0 Å². The summed E-state index contributed by atoms with van der Waals surface area (Å²) >= 11 is 0. The molecule has 1 rings (SSSR count). The maximum atomic E-state index is 13.2. The molecule has 0 spiro atoms. The highest BCUT2D eigenvalue weighted by molar-refractivity contribution is 5.55. The molecule has 0 N–H and O–H groups in total. The number of halogens is 4. The van der Waals surface area contributed by atoms with Gasteiger partial charge in [-0.05, 0) is 18.6 Å². The molecule has 82 valence electrons. The second kappa shape index (κ2) is 4.47. The highest BCUT2D eigenvalue weighted by Gasteiger charge is 2.33. The van der Waals surface area contributed by atoms with Crippen molar-refractivity contribution in [3.8, 4) is 0 Å². The van der Waals surface area contributed by atoms with Crippen molar-refractivity contribution >= 4 is 6.08 Å². The molecule has 0 aliphatic heterocycles. The Morgan fingerprint density at radius 3 is 2.47 bits per heavy atom. The molecule has 4 heteroatoms. The van der Waals surface area contributed by atoms with E-state index in [-0.39, 0.29) is 0 Å². The summed E-state index contributed by atoms with van der Waals surface area (Å²) in [6.45, 7) is 1.77. The van der Waals surface area contributed by atoms with Crippen LogP contribution in [0, 0.1) is 5.82 Å². The Morgan fingerprint density at radius 2 is 1.93 bits per heavy atom. The Balaban J connectivity index is 3.27. The number of rotatable bonds is 2. The lowest BCUT2D eigenvalue weighted by molar-refractivity contribution is -0.137. The molecule has 15 heavy (non-hydrogen) atoms. The predicted octanol–water partition coefficient (Wildman–Crippen LogP) is 4.27. The van der Waals surface area contributed by atoms with E-state index in [1.165, 1.54) is 6.08 Å². The molecule has 0 fully saturated rings. The fourth-order valence-electron chi connectivity index (χ4n) is 1.19. The first-order valence-corrected chi connectivity index (χ1v) is 4.49. The first-order chi connectivity index (χ1) is 6.96. The van der Waals surface area contributed by atoms with E-state index in [9.17, 15) is 17.6 Å². The third-order valence-electron chi connectivity index (χ3n) is 1.88. The summed E-state index contributed by atoms with van der Waals surface area (Å²) in [5, 5.41) is 0. The second-order valence-corrected chi connectivity index (χ2v) is 3.01. The molecule has 0 bridgehead atoms. The van der Waals surface area contributed by atoms with Crippen LogP contribution in [-0.2, 0) is 6.18 Å². The van der Waals surface area contributed by atoms with Gasteiger partial charge >= 0.3 is 6.18 Å². The van der Waals surface area contributed by atoms with Gasteiger partial charge in [-0.1, -0.05) is 25.1 Å². The van der Waals surface area contributed by atoms with E-state index in [2.05, 4.69) is 0 Å². The third-order valence-corrected chi connectivity index (χ3v) is 1.88. The van der Waals surface area contributed by atoms with Gasteiger partial charge in [0.1, 0.15) is 5.82 Å². The van der Waals surface area contributed by atoms with Gasteiger partial charge in [-0.3, -0.25) is 0 Å². The molecular weight excluding hydrogens is 208 g/mol. The molecule has 0 unspecified atom stereocenters. The SMILES string of the molecule is CC/C=C/c1c(F)cccc1C(F)(F)F. The molecule has 0 heterocycles. The zero-order chi connectivity index (χ0) is 11.5. The fourth-order valence-corrected chi connectivity index (χ4v) is 1.19. The van der Waals surface area contributed by atoms with Crippen molar-refractivity contribution in [1.82, 2.24) is 0 Å². The van der Waals surface area contributed by atoms with Crippen molar-refractivity contribution in [1.29, 1.82) is 0 Å². The first kappa shape index (κ1) is 11.8. The van der Waals surface area contributed by atoms with Crippen LogP contribution in [0.2, 0.25) is 0 Å². The van der Waals surface area contributed by atoms with Gasteiger partial charge in [0.15, 0.2) is 0 Å². The summed E-state index contributed by atoms with van der Waals surface area (Å²) in [5.74, 6) is -0.852. The van der Waals surface area contributed by atoms with Crippen molar-refractivity contribution in [2.75, 3.05) is 0 Å². The Kier molecular flexibility index (Phi) is 3.50. The monoisotopic (exact) mass is 218 g/mol. The molecule has 0 aliphatic carbocycles. The van der Waals surface area contributed by atoms with Crippen LogP contribution in [-0.4, -0.2) is 0 Å². The topological polar surface area (TPSA) is 0 Å². The number of benzene rings is 1. The zero-order valence-electron chi connectivity index (χ0n) is 8.11. The van der Waals surface area contributed by atoms with Crippen LogP contribution in [0.25, 0.3) is 6.08 Å². The maximum absolute atomic E-state index is 13.2. The van der Waals surface area contributed by atoms with E-state index in [0.29, 0.717) is 6.42 Å². The summed E-state index contributed by atoms with van der Waals surface area (Å²) in [6, 6.07) is 2.95.